The van der Waals surface area contributed by atoms with Crippen molar-refractivity contribution in [3.8, 4) is 0 Å². The van der Waals surface area contributed by atoms with Crippen LogP contribution in [0.3, 0.4) is 0 Å². The summed E-state index contributed by atoms with van der Waals surface area (Å²) in [6.07, 6.45) is 0.155. The number of nitrogen functional groups attached to an aromatic ring is 1. The minimum Gasteiger partial charge on any atom is -0.387 e. The minimum absolute atomic E-state index is 0.0973. The van der Waals surface area contributed by atoms with Crippen LogP contribution in [0.25, 0.3) is 11.2 Å². The van der Waals surface area contributed by atoms with Crippen LogP contribution < -0.4 is 11.2 Å². The number of hydrogen-bond donors (Lipinski definition) is 5. The molecule has 0 radical (unpaired) electrons. The molecular weight excluding hydrogens is 381 g/mol. The number of aliphatic hydroxyl groups excluding tert-OH is 2. The zero-order valence-electron chi connectivity index (χ0n) is 13.7. The first kappa shape index (κ1) is 18.0. The average Bonchev–Trinajstić information content (AvgIpc) is 3.36. The van der Waals surface area contributed by atoms with E-state index >= 15 is 0 Å². The Morgan fingerprint density at radius 1 is 1.33 bits per heavy atom. The molecule has 0 aliphatic carbocycles. The van der Waals surface area contributed by atoms with Crippen LogP contribution in [0.4, 0.5) is 5.82 Å². The van der Waals surface area contributed by atoms with E-state index in [1.807, 2.05) is 0 Å². The molecule has 1 aliphatic rings. The van der Waals surface area contributed by atoms with Gasteiger partial charge in [-0.3, -0.25) is 9.13 Å². The zero-order chi connectivity index (χ0) is 19.2. The number of hydrogen-bond acceptors (Lipinski definition) is 10. The molecule has 14 heteroatoms. The molecule has 6 N–H and O–H groups in total. The molecule has 0 spiro atoms. The summed E-state index contributed by atoms with van der Waals surface area (Å²) in [5.74, 6) is 0.160. The molecule has 0 bridgehead atoms. The number of rotatable bonds is 5. The fraction of sp³-hybridized carbons (Fsp3) is 0.385. The Hall–Kier alpha value is -2.41. The molecular formula is C13H16N7O6P. The number of H-pyrrole nitrogens is 1. The number of aliphatic hydroxyl groups is 2. The zero-order valence-corrected chi connectivity index (χ0v) is 14.5. The van der Waals surface area contributed by atoms with Gasteiger partial charge in [0, 0.05) is 0 Å². The Balaban J connectivity index is 1.52. The van der Waals surface area contributed by atoms with Crippen molar-refractivity contribution in [2.75, 3.05) is 12.3 Å². The number of nitrogens with two attached hydrogens (primary N) is 1. The number of ether oxygens (including phenoxy) is 1. The Morgan fingerprint density at radius 3 is 2.89 bits per heavy atom. The van der Waals surface area contributed by atoms with Gasteiger partial charge < -0.3 is 35.1 Å². The molecule has 27 heavy (non-hydrogen) atoms. The van der Waals surface area contributed by atoms with Crippen molar-refractivity contribution in [2.45, 2.75) is 24.5 Å². The Bertz CT molecular complexity index is 994. The van der Waals surface area contributed by atoms with Gasteiger partial charge in [0.1, 0.15) is 35.6 Å². The van der Waals surface area contributed by atoms with Crippen molar-refractivity contribution in [2.24, 2.45) is 0 Å². The smallest absolute Gasteiger partial charge is 0.376 e. The molecule has 0 aromatic carbocycles. The molecule has 144 valence electrons. The first-order chi connectivity index (χ1) is 12.9. The lowest BCUT2D eigenvalue weighted by molar-refractivity contribution is -0.0481. The van der Waals surface area contributed by atoms with Crippen molar-refractivity contribution < 1.29 is 28.9 Å². The topological polar surface area (TPSA) is 195 Å². The number of anilines is 1. The van der Waals surface area contributed by atoms with E-state index in [-0.39, 0.29) is 11.3 Å². The van der Waals surface area contributed by atoms with Gasteiger partial charge in [-0.15, -0.1) is 0 Å². The fourth-order valence-electron chi connectivity index (χ4n) is 2.80. The van der Waals surface area contributed by atoms with Crippen LogP contribution >= 0.6 is 7.60 Å². The predicted molar refractivity (Wildman–Crippen MR) is 89.7 cm³/mol. The van der Waals surface area contributed by atoms with Gasteiger partial charge in [-0.2, -0.15) is 0 Å². The van der Waals surface area contributed by atoms with Gasteiger partial charge in [0.15, 0.2) is 17.7 Å². The summed E-state index contributed by atoms with van der Waals surface area (Å²) in [5, 5.41) is 20.6. The molecule has 1 aliphatic heterocycles. The second-order valence-corrected chi connectivity index (χ2v) is 7.66. The van der Waals surface area contributed by atoms with Crippen LogP contribution in [-0.4, -0.2) is 69.5 Å². The molecule has 5 atom stereocenters. The number of nitrogens with zero attached hydrogens (tertiary/aromatic N) is 5. The number of aromatic nitrogens is 6. The SMILES string of the molecule is Nc1ncnc2c1ncn2[C@@H]1O[C@H](COP(=O)(O)c2cnc[nH]2)[C@@H](O)[C@H]1O. The first-order valence-electron chi connectivity index (χ1n) is 7.79. The maximum atomic E-state index is 12.2. The maximum absolute atomic E-state index is 12.2. The highest BCUT2D eigenvalue weighted by molar-refractivity contribution is 7.60. The van der Waals surface area contributed by atoms with Crippen LogP contribution in [0, 0.1) is 0 Å². The normalized spacial score (nSPS) is 27.8. The molecule has 13 nitrogen and oxygen atoms in total. The van der Waals surface area contributed by atoms with E-state index in [0.29, 0.717) is 11.2 Å². The van der Waals surface area contributed by atoms with E-state index in [9.17, 15) is 19.7 Å². The largest absolute Gasteiger partial charge is 0.387 e. The predicted octanol–water partition coefficient (Wildman–Crippen LogP) is -1.72. The van der Waals surface area contributed by atoms with E-state index in [1.54, 1.807) is 0 Å². The van der Waals surface area contributed by atoms with Crippen molar-refractivity contribution in [1.82, 2.24) is 29.5 Å². The molecule has 4 heterocycles. The monoisotopic (exact) mass is 397 g/mol. The van der Waals surface area contributed by atoms with E-state index in [1.165, 1.54) is 23.5 Å². The van der Waals surface area contributed by atoms with Crippen LogP contribution in [0.2, 0.25) is 0 Å². The quantitative estimate of drug-likeness (QED) is 0.307. The van der Waals surface area contributed by atoms with Crippen LogP contribution in [0.1, 0.15) is 6.23 Å². The summed E-state index contributed by atoms with van der Waals surface area (Å²) < 4.78 is 24.2. The summed E-state index contributed by atoms with van der Waals surface area (Å²) in [5.41, 5.74) is 6.27. The lowest BCUT2D eigenvalue weighted by atomic mass is 10.1. The summed E-state index contributed by atoms with van der Waals surface area (Å²) in [6.45, 7) is -0.439. The third-order valence-corrected chi connectivity index (χ3v) is 5.55. The number of fused-ring (bicyclic) bond motifs is 1. The fourth-order valence-corrected chi connectivity index (χ4v) is 3.72. The number of aromatic amines is 1. The second kappa shape index (κ2) is 6.64. The highest BCUT2D eigenvalue weighted by Crippen LogP contribution is 2.41. The summed E-state index contributed by atoms with van der Waals surface area (Å²) in [6, 6.07) is 0. The molecule has 3 aromatic heterocycles. The third kappa shape index (κ3) is 3.10. The van der Waals surface area contributed by atoms with E-state index in [2.05, 4.69) is 24.9 Å². The van der Waals surface area contributed by atoms with Crippen LogP contribution in [0.5, 0.6) is 0 Å². The van der Waals surface area contributed by atoms with Gasteiger partial charge in [0.25, 0.3) is 0 Å². The average molecular weight is 397 g/mol. The molecule has 1 fully saturated rings. The van der Waals surface area contributed by atoms with E-state index < -0.39 is 38.7 Å². The van der Waals surface area contributed by atoms with Crippen molar-refractivity contribution in [1.29, 1.82) is 0 Å². The van der Waals surface area contributed by atoms with E-state index in [0.717, 1.165) is 6.20 Å². The molecule has 0 saturated carbocycles. The number of nitrogens with one attached hydrogen (secondary N) is 1. The lowest BCUT2D eigenvalue weighted by Crippen LogP contribution is -2.34. The minimum atomic E-state index is -4.17. The standard InChI is InChI=1S/C13H16N7O6P/c14-11-8-12(18-4-17-11)20(5-19-8)13-10(22)9(21)6(26-13)2-25-27(23,24)7-1-15-3-16-7/h1,3-6,9-10,13,21-22H,2H2,(H,15,16)(H,23,24)(H2,14,17,18)/t6-,9-,10-,13-/m1/s1. The molecule has 4 rings (SSSR count). The van der Waals surface area contributed by atoms with Gasteiger partial charge in [-0.1, -0.05) is 0 Å². The Kier molecular flexibility index (Phi) is 4.42. The summed E-state index contributed by atoms with van der Waals surface area (Å²) in [4.78, 5) is 28.0. The van der Waals surface area contributed by atoms with E-state index in [4.69, 9.17) is 15.0 Å². The molecule has 1 unspecified atom stereocenters. The summed E-state index contributed by atoms with van der Waals surface area (Å²) in [7, 11) is -4.17. The van der Waals surface area contributed by atoms with Crippen LogP contribution in [0.15, 0.2) is 25.2 Å². The van der Waals surface area contributed by atoms with Gasteiger partial charge in [0.2, 0.25) is 0 Å². The number of imidazole rings is 2. The van der Waals surface area contributed by atoms with Crippen molar-refractivity contribution in [3.05, 3.63) is 25.2 Å². The van der Waals surface area contributed by atoms with Gasteiger partial charge in [0.05, 0.1) is 25.5 Å². The van der Waals surface area contributed by atoms with Crippen LogP contribution in [-0.2, 0) is 13.8 Å². The highest BCUT2D eigenvalue weighted by atomic mass is 31.2. The van der Waals surface area contributed by atoms with Gasteiger partial charge in [-0.25, -0.2) is 19.9 Å². The first-order valence-corrected chi connectivity index (χ1v) is 9.37. The van der Waals surface area contributed by atoms with Gasteiger partial charge >= 0.3 is 7.60 Å². The molecule has 1 saturated heterocycles. The highest BCUT2D eigenvalue weighted by Gasteiger charge is 2.45. The molecule has 3 aromatic rings. The third-order valence-electron chi connectivity index (χ3n) is 4.20. The Labute approximate surface area is 151 Å². The van der Waals surface area contributed by atoms with Gasteiger partial charge in [-0.05, 0) is 0 Å². The molecule has 0 amide bonds. The maximum Gasteiger partial charge on any atom is 0.376 e. The van der Waals surface area contributed by atoms with Crippen molar-refractivity contribution >= 4 is 30.0 Å². The lowest BCUT2D eigenvalue weighted by Gasteiger charge is -2.17. The van der Waals surface area contributed by atoms with Crippen molar-refractivity contribution in [3.63, 3.8) is 0 Å². The second-order valence-electron chi connectivity index (χ2n) is 5.88. The Morgan fingerprint density at radius 2 is 2.15 bits per heavy atom. The summed E-state index contributed by atoms with van der Waals surface area (Å²) >= 11 is 0.